The van der Waals surface area contributed by atoms with Crippen LogP contribution in [0, 0.1) is 12.8 Å². The van der Waals surface area contributed by atoms with Gasteiger partial charge in [0.15, 0.2) is 0 Å². The third-order valence-corrected chi connectivity index (χ3v) is 6.24. The van der Waals surface area contributed by atoms with E-state index < -0.39 is 5.60 Å². The number of fused-ring (bicyclic) bond motifs is 7. The maximum Gasteiger partial charge on any atom is 0.343 e. The summed E-state index contributed by atoms with van der Waals surface area (Å²) in [5.41, 5.74) is 2.40. The molecule has 0 saturated carbocycles. The van der Waals surface area contributed by atoms with Crippen LogP contribution in [0.2, 0.25) is 0 Å². The van der Waals surface area contributed by atoms with Gasteiger partial charge in [-0.15, -0.1) is 0 Å². The zero-order chi connectivity index (χ0) is 18.9. The minimum absolute atomic E-state index is 0.0180. The lowest BCUT2D eigenvalue weighted by Crippen LogP contribution is -2.50. The maximum absolute atomic E-state index is 13.0. The molecular formula is C22H19BrO4. The van der Waals surface area contributed by atoms with E-state index >= 15 is 0 Å². The quantitative estimate of drug-likeness (QED) is 0.464. The molecule has 4 nitrogen and oxygen atoms in total. The van der Waals surface area contributed by atoms with Crippen LogP contribution in [0.4, 0.5) is 0 Å². The second-order valence-electron chi connectivity index (χ2n) is 7.91. The molecule has 27 heavy (non-hydrogen) atoms. The van der Waals surface area contributed by atoms with E-state index in [9.17, 15) is 4.79 Å². The first-order valence-corrected chi connectivity index (χ1v) is 9.83. The molecule has 2 aromatic carbocycles. The fourth-order valence-electron chi connectivity index (χ4n) is 4.35. The number of aryl methyl sites for hydroxylation is 1. The van der Waals surface area contributed by atoms with Crippen molar-refractivity contribution in [3.05, 3.63) is 68.0 Å². The maximum atomic E-state index is 13.0. The van der Waals surface area contributed by atoms with Gasteiger partial charge in [0.05, 0.1) is 17.6 Å². The van der Waals surface area contributed by atoms with Crippen LogP contribution in [0.15, 0.2) is 50.1 Å². The van der Waals surface area contributed by atoms with E-state index in [2.05, 4.69) is 29.8 Å². The Hall–Kier alpha value is -2.27. The monoisotopic (exact) mass is 426 g/mol. The van der Waals surface area contributed by atoms with Crippen LogP contribution in [-0.2, 0) is 0 Å². The number of rotatable bonds is 0. The standard InChI is InChI=1S/C22H19BrO4/c1-11-4-6-14-17(8-11)26-21(24)19-18-13-7-5-12(23)9-16(13)25-10-15(18)22(2,3)27-20(14)19/h4-9,15,18H,10H2,1-3H3/t15-,18+/m0/s1. The molecule has 2 aliphatic rings. The van der Waals surface area contributed by atoms with Crippen LogP contribution in [0.1, 0.15) is 36.5 Å². The largest absolute Gasteiger partial charge is 0.493 e. The zero-order valence-corrected chi connectivity index (χ0v) is 16.9. The van der Waals surface area contributed by atoms with E-state index in [0.717, 1.165) is 26.7 Å². The van der Waals surface area contributed by atoms with E-state index in [1.165, 1.54) is 0 Å². The molecule has 1 aromatic heterocycles. The first-order valence-electron chi connectivity index (χ1n) is 9.04. The Morgan fingerprint density at radius 1 is 1.15 bits per heavy atom. The van der Waals surface area contributed by atoms with Crippen molar-refractivity contribution in [3.8, 4) is 11.5 Å². The number of benzene rings is 2. The molecule has 5 rings (SSSR count). The van der Waals surface area contributed by atoms with E-state index in [0.29, 0.717) is 23.5 Å². The Morgan fingerprint density at radius 2 is 1.96 bits per heavy atom. The molecule has 138 valence electrons. The average Bonchev–Trinajstić information content (AvgIpc) is 2.60. The Balaban J connectivity index is 1.85. The van der Waals surface area contributed by atoms with Gasteiger partial charge in [0.1, 0.15) is 22.7 Å². The minimum atomic E-state index is -0.478. The van der Waals surface area contributed by atoms with Crippen LogP contribution in [0.5, 0.6) is 11.5 Å². The van der Waals surface area contributed by atoms with Crippen molar-refractivity contribution in [2.75, 3.05) is 6.61 Å². The predicted octanol–water partition coefficient (Wildman–Crippen LogP) is 5.18. The van der Waals surface area contributed by atoms with E-state index in [4.69, 9.17) is 13.9 Å². The zero-order valence-electron chi connectivity index (χ0n) is 15.3. The van der Waals surface area contributed by atoms with Gasteiger partial charge >= 0.3 is 5.63 Å². The third kappa shape index (κ3) is 2.44. The molecule has 2 atom stereocenters. The average molecular weight is 427 g/mol. The Morgan fingerprint density at radius 3 is 2.78 bits per heavy atom. The molecule has 0 spiro atoms. The molecule has 5 heteroatoms. The van der Waals surface area contributed by atoms with Crippen molar-refractivity contribution >= 4 is 26.9 Å². The van der Waals surface area contributed by atoms with Crippen LogP contribution in [0.25, 0.3) is 11.0 Å². The van der Waals surface area contributed by atoms with E-state index in [-0.39, 0.29) is 17.5 Å². The molecule has 0 aliphatic carbocycles. The minimum Gasteiger partial charge on any atom is -0.493 e. The van der Waals surface area contributed by atoms with Gasteiger partial charge in [0.2, 0.25) is 0 Å². The Kier molecular flexibility index (Phi) is 3.51. The highest BCUT2D eigenvalue weighted by atomic mass is 79.9. The smallest absolute Gasteiger partial charge is 0.343 e. The van der Waals surface area contributed by atoms with Crippen molar-refractivity contribution in [2.24, 2.45) is 5.92 Å². The van der Waals surface area contributed by atoms with Gasteiger partial charge in [-0.1, -0.05) is 28.1 Å². The van der Waals surface area contributed by atoms with E-state index in [1.807, 2.05) is 43.3 Å². The summed E-state index contributed by atoms with van der Waals surface area (Å²) in [6.07, 6.45) is 0. The van der Waals surface area contributed by atoms with Crippen LogP contribution in [0.3, 0.4) is 0 Å². The lowest BCUT2D eigenvalue weighted by molar-refractivity contribution is -0.0137. The molecule has 0 N–H and O–H groups in total. The van der Waals surface area contributed by atoms with Crippen LogP contribution < -0.4 is 15.1 Å². The van der Waals surface area contributed by atoms with Crippen LogP contribution in [-0.4, -0.2) is 12.2 Å². The molecule has 0 bridgehead atoms. The van der Waals surface area contributed by atoms with E-state index in [1.54, 1.807) is 0 Å². The highest BCUT2D eigenvalue weighted by Crippen LogP contribution is 2.53. The lowest BCUT2D eigenvalue weighted by atomic mass is 9.70. The Bertz CT molecular complexity index is 1140. The summed E-state index contributed by atoms with van der Waals surface area (Å²) in [5, 5.41) is 0.840. The van der Waals surface area contributed by atoms with Crippen molar-refractivity contribution in [1.82, 2.24) is 0 Å². The van der Waals surface area contributed by atoms with Gasteiger partial charge in [-0.05, 0) is 50.6 Å². The second-order valence-corrected chi connectivity index (χ2v) is 8.83. The fourth-order valence-corrected chi connectivity index (χ4v) is 4.69. The van der Waals surface area contributed by atoms with Gasteiger partial charge in [-0.3, -0.25) is 0 Å². The molecule has 3 aromatic rings. The molecule has 0 radical (unpaired) electrons. The highest BCUT2D eigenvalue weighted by Gasteiger charge is 2.50. The number of ether oxygens (including phenoxy) is 2. The van der Waals surface area contributed by atoms with Crippen molar-refractivity contribution in [3.63, 3.8) is 0 Å². The fraction of sp³-hybridized carbons (Fsp3) is 0.318. The second kappa shape index (κ2) is 5.61. The number of hydrogen-bond donors (Lipinski definition) is 0. The number of hydrogen-bond acceptors (Lipinski definition) is 4. The summed E-state index contributed by atoms with van der Waals surface area (Å²) < 4.78 is 19.1. The van der Waals surface area contributed by atoms with Gasteiger partial charge in [0.25, 0.3) is 0 Å². The van der Waals surface area contributed by atoms with Gasteiger partial charge in [-0.2, -0.15) is 0 Å². The summed E-state index contributed by atoms with van der Waals surface area (Å²) >= 11 is 3.50. The Labute approximate surface area is 165 Å². The normalized spacial score (nSPS) is 22.2. The van der Waals surface area contributed by atoms with Crippen molar-refractivity contribution in [2.45, 2.75) is 32.3 Å². The van der Waals surface area contributed by atoms with Gasteiger partial charge < -0.3 is 13.9 Å². The summed E-state index contributed by atoms with van der Waals surface area (Å²) in [7, 11) is 0. The summed E-state index contributed by atoms with van der Waals surface area (Å²) in [6, 6.07) is 11.8. The van der Waals surface area contributed by atoms with Gasteiger partial charge in [-0.25, -0.2) is 4.79 Å². The highest BCUT2D eigenvalue weighted by molar-refractivity contribution is 9.10. The molecule has 2 aliphatic heterocycles. The molecule has 3 heterocycles. The van der Waals surface area contributed by atoms with Gasteiger partial charge in [0, 0.05) is 21.9 Å². The first kappa shape index (κ1) is 16.9. The SMILES string of the molecule is Cc1ccc2c3c(c(=O)oc2c1)[C@@H]1c2ccc(Br)cc2OC[C@@H]1C(C)(C)O3. The lowest BCUT2D eigenvalue weighted by Gasteiger charge is -2.47. The van der Waals surface area contributed by atoms with Crippen molar-refractivity contribution < 1.29 is 13.9 Å². The molecule has 0 fully saturated rings. The number of halogens is 1. The first-order chi connectivity index (χ1) is 12.8. The molecule has 0 amide bonds. The molecular weight excluding hydrogens is 408 g/mol. The van der Waals surface area contributed by atoms with Crippen LogP contribution >= 0.6 is 15.9 Å². The molecule has 0 saturated heterocycles. The third-order valence-electron chi connectivity index (χ3n) is 5.75. The topological polar surface area (TPSA) is 48.7 Å². The van der Waals surface area contributed by atoms with Crippen molar-refractivity contribution in [1.29, 1.82) is 0 Å². The predicted molar refractivity (Wildman–Crippen MR) is 107 cm³/mol. The summed E-state index contributed by atoms with van der Waals surface area (Å²) in [4.78, 5) is 13.0. The summed E-state index contributed by atoms with van der Waals surface area (Å²) in [6.45, 7) is 6.60. The molecule has 0 unspecified atom stereocenters. The summed E-state index contributed by atoms with van der Waals surface area (Å²) in [5.74, 6) is 1.34.